The second kappa shape index (κ2) is 10.8. The average Bonchev–Trinajstić information content (AvgIpc) is 3.12. The number of piperazine rings is 1. The normalized spacial score (nSPS) is 19.3. The number of nitrogens with zero attached hydrogens (tertiary/aromatic N) is 2. The summed E-state index contributed by atoms with van der Waals surface area (Å²) < 4.78 is 5.52. The molecule has 178 valence electrons. The number of anilines is 1. The molecule has 1 aromatic heterocycles. The maximum atomic E-state index is 12.9. The number of hydrogen-bond acceptors (Lipinski definition) is 6. The Labute approximate surface area is 200 Å². The Morgan fingerprint density at radius 3 is 2.52 bits per heavy atom. The molecule has 33 heavy (non-hydrogen) atoms. The van der Waals surface area contributed by atoms with Crippen LogP contribution in [0.3, 0.4) is 0 Å². The van der Waals surface area contributed by atoms with Crippen molar-refractivity contribution in [3.63, 3.8) is 0 Å². The molecule has 6 nitrogen and oxygen atoms in total. The van der Waals surface area contributed by atoms with Crippen LogP contribution in [0.2, 0.25) is 0 Å². The van der Waals surface area contributed by atoms with Crippen LogP contribution in [0, 0.1) is 5.92 Å². The van der Waals surface area contributed by atoms with E-state index in [0.717, 1.165) is 57.5 Å². The third-order valence-corrected chi connectivity index (χ3v) is 7.56. The molecule has 0 unspecified atom stereocenters. The monoisotopic (exact) mass is 469 g/mol. The smallest absolute Gasteiger partial charge is 0.341 e. The van der Waals surface area contributed by atoms with Crippen LogP contribution in [0.1, 0.15) is 53.6 Å². The van der Waals surface area contributed by atoms with E-state index in [1.54, 1.807) is 11.3 Å². The molecule has 1 atom stereocenters. The van der Waals surface area contributed by atoms with Gasteiger partial charge in [-0.05, 0) is 50.2 Å². The summed E-state index contributed by atoms with van der Waals surface area (Å²) >= 11 is 1.55. The maximum absolute atomic E-state index is 12.9. The first-order valence-electron chi connectivity index (χ1n) is 12.0. The lowest BCUT2D eigenvalue weighted by molar-refractivity contribution is -0.117. The molecule has 0 bridgehead atoms. The zero-order chi connectivity index (χ0) is 23.4. The number of rotatable bonds is 7. The number of nitrogens with one attached hydrogen (secondary N) is 1. The van der Waals surface area contributed by atoms with Gasteiger partial charge >= 0.3 is 5.97 Å². The van der Waals surface area contributed by atoms with E-state index in [1.165, 1.54) is 10.4 Å². The Bertz CT molecular complexity index is 965. The molecule has 7 heteroatoms. The van der Waals surface area contributed by atoms with Crippen LogP contribution in [0.5, 0.6) is 0 Å². The molecule has 1 amide bonds. The minimum atomic E-state index is -0.318. The highest BCUT2D eigenvalue weighted by Gasteiger charge is 2.30. The van der Waals surface area contributed by atoms with Crippen molar-refractivity contribution in [3.8, 4) is 0 Å². The minimum absolute atomic E-state index is 0.0586. The molecule has 1 aliphatic carbocycles. The lowest BCUT2D eigenvalue weighted by Gasteiger charge is -2.34. The number of fused-ring (bicyclic) bond motifs is 1. The predicted octanol–water partition coefficient (Wildman–Crippen LogP) is 4.19. The van der Waals surface area contributed by atoms with E-state index < -0.39 is 0 Å². The van der Waals surface area contributed by atoms with E-state index >= 15 is 0 Å². The molecule has 0 radical (unpaired) electrons. The number of ether oxygens (including phenoxy) is 1. The SMILES string of the molecule is CC(C)OC(=O)c1c(NC(=O)CN2CCN(Cc3ccccc3)CC2)sc2c1CC[C@@H](C)C2. The lowest BCUT2D eigenvalue weighted by Crippen LogP contribution is -2.48. The second-order valence-corrected chi connectivity index (χ2v) is 10.7. The molecular formula is C26H35N3O3S. The van der Waals surface area contributed by atoms with Gasteiger partial charge in [-0.1, -0.05) is 37.3 Å². The van der Waals surface area contributed by atoms with Gasteiger partial charge in [0.2, 0.25) is 5.91 Å². The summed E-state index contributed by atoms with van der Waals surface area (Å²) in [6, 6.07) is 10.5. The summed E-state index contributed by atoms with van der Waals surface area (Å²) in [6.45, 7) is 10.9. The van der Waals surface area contributed by atoms with Crippen molar-refractivity contribution in [2.75, 3.05) is 38.0 Å². The van der Waals surface area contributed by atoms with Crippen LogP contribution in [-0.4, -0.2) is 60.5 Å². The van der Waals surface area contributed by atoms with Crippen molar-refractivity contribution >= 4 is 28.2 Å². The van der Waals surface area contributed by atoms with E-state index in [9.17, 15) is 9.59 Å². The van der Waals surface area contributed by atoms with E-state index in [4.69, 9.17) is 4.74 Å². The Balaban J connectivity index is 1.36. The maximum Gasteiger partial charge on any atom is 0.341 e. The van der Waals surface area contributed by atoms with E-state index in [2.05, 4.69) is 46.3 Å². The Hall–Kier alpha value is -2.22. The molecule has 1 N–H and O–H groups in total. The number of amides is 1. The molecule has 2 aromatic rings. The first-order valence-corrected chi connectivity index (χ1v) is 12.8. The summed E-state index contributed by atoms with van der Waals surface area (Å²) in [4.78, 5) is 31.6. The molecule has 2 heterocycles. The van der Waals surface area contributed by atoms with Gasteiger partial charge in [-0.3, -0.25) is 14.6 Å². The summed E-state index contributed by atoms with van der Waals surface area (Å²) in [5.41, 5.74) is 2.98. The first-order chi connectivity index (χ1) is 15.9. The van der Waals surface area contributed by atoms with Crippen LogP contribution in [-0.2, 0) is 28.9 Å². The quantitative estimate of drug-likeness (QED) is 0.616. The average molecular weight is 470 g/mol. The fraction of sp³-hybridized carbons (Fsp3) is 0.538. The van der Waals surface area contributed by atoms with Gasteiger partial charge in [0.1, 0.15) is 5.00 Å². The van der Waals surface area contributed by atoms with Gasteiger partial charge in [-0.15, -0.1) is 11.3 Å². The number of esters is 1. The third kappa shape index (κ3) is 6.22. The second-order valence-electron chi connectivity index (χ2n) is 9.60. The van der Waals surface area contributed by atoms with Gasteiger partial charge in [0.15, 0.2) is 0 Å². The van der Waals surface area contributed by atoms with Gasteiger partial charge in [-0.2, -0.15) is 0 Å². The zero-order valence-corrected chi connectivity index (χ0v) is 20.7. The Kier molecular flexibility index (Phi) is 7.83. The van der Waals surface area contributed by atoms with Crippen LogP contribution >= 0.6 is 11.3 Å². The highest BCUT2D eigenvalue weighted by Crippen LogP contribution is 2.40. The first kappa shape index (κ1) is 23.9. The van der Waals surface area contributed by atoms with E-state index in [1.807, 2.05) is 19.9 Å². The molecule has 1 fully saturated rings. The molecular weight excluding hydrogens is 434 g/mol. The van der Waals surface area contributed by atoms with Crippen LogP contribution in [0.4, 0.5) is 5.00 Å². The van der Waals surface area contributed by atoms with Crippen molar-refractivity contribution in [2.24, 2.45) is 5.92 Å². The van der Waals surface area contributed by atoms with Crippen LogP contribution in [0.15, 0.2) is 30.3 Å². The van der Waals surface area contributed by atoms with Crippen molar-refractivity contribution in [2.45, 2.75) is 52.7 Å². The highest BCUT2D eigenvalue weighted by molar-refractivity contribution is 7.17. The Morgan fingerprint density at radius 1 is 1.12 bits per heavy atom. The molecule has 1 aliphatic heterocycles. The van der Waals surface area contributed by atoms with Crippen molar-refractivity contribution in [1.29, 1.82) is 0 Å². The predicted molar refractivity (Wildman–Crippen MR) is 133 cm³/mol. The van der Waals surface area contributed by atoms with Gasteiger partial charge in [-0.25, -0.2) is 4.79 Å². The topological polar surface area (TPSA) is 61.9 Å². The fourth-order valence-electron chi connectivity index (χ4n) is 4.64. The molecule has 1 saturated heterocycles. The number of hydrogen-bond donors (Lipinski definition) is 1. The third-order valence-electron chi connectivity index (χ3n) is 6.39. The van der Waals surface area contributed by atoms with Gasteiger partial charge in [0.25, 0.3) is 0 Å². The summed E-state index contributed by atoms with van der Waals surface area (Å²) in [5, 5.41) is 3.72. The van der Waals surface area contributed by atoms with Crippen LogP contribution < -0.4 is 5.32 Å². The molecule has 1 aromatic carbocycles. The lowest BCUT2D eigenvalue weighted by atomic mass is 9.88. The highest BCUT2D eigenvalue weighted by atomic mass is 32.1. The minimum Gasteiger partial charge on any atom is -0.459 e. The van der Waals surface area contributed by atoms with Crippen LogP contribution in [0.25, 0.3) is 0 Å². The summed E-state index contributed by atoms with van der Waals surface area (Å²) in [6.07, 6.45) is 2.70. The number of benzene rings is 1. The van der Waals surface area contributed by atoms with E-state index in [0.29, 0.717) is 23.0 Å². The number of thiophene rings is 1. The Morgan fingerprint density at radius 2 is 1.82 bits per heavy atom. The van der Waals surface area contributed by atoms with Gasteiger partial charge in [0.05, 0.1) is 18.2 Å². The molecule has 0 spiro atoms. The summed E-state index contributed by atoms with van der Waals surface area (Å²) in [7, 11) is 0. The van der Waals surface area contributed by atoms with Crippen molar-refractivity contribution < 1.29 is 14.3 Å². The van der Waals surface area contributed by atoms with Gasteiger partial charge in [0, 0.05) is 37.6 Å². The molecule has 0 saturated carbocycles. The van der Waals surface area contributed by atoms with Gasteiger partial charge < -0.3 is 10.1 Å². The molecule has 4 rings (SSSR count). The van der Waals surface area contributed by atoms with Crippen molar-refractivity contribution in [3.05, 3.63) is 51.9 Å². The standard InChI is InChI=1S/C26H35N3O3S/c1-18(2)32-26(31)24-21-10-9-19(3)15-22(21)33-25(24)27-23(30)17-29-13-11-28(12-14-29)16-20-7-5-4-6-8-20/h4-8,18-19H,9-17H2,1-3H3,(H,27,30)/t19-/m1/s1. The number of carbonyl (C=O) groups is 2. The zero-order valence-electron chi connectivity index (χ0n) is 19.9. The number of carbonyl (C=O) groups excluding carboxylic acids is 2. The largest absolute Gasteiger partial charge is 0.459 e. The van der Waals surface area contributed by atoms with Crippen molar-refractivity contribution in [1.82, 2.24) is 9.80 Å². The summed E-state index contributed by atoms with van der Waals surface area (Å²) in [5.74, 6) is 0.222. The van der Waals surface area contributed by atoms with E-state index in [-0.39, 0.29) is 18.0 Å². The fourth-order valence-corrected chi connectivity index (χ4v) is 6.06. The molecule has 2 aliphatic rings.